The number of aromatic hydroxyl groups is 1. The van der Waals surface area contributed by atoms with Crippen molar-refractivity contribution >= 4 is 11.0 Å². The molecular weight excluding hydrogens is 523 g/mol. The second-order valence-corrected chi connectivity index (χ2v) is 11.0. The number of fused-ring (bicyclic) bond motifs is 1. The van der Waals surface area contributed by atoms with E-state index in [2.05, 4.69) is 6.92 Å². The Bertz CT molecular complexity index is 1380. The summed E-state index contributed by atoms with van der Waals surface area (Å²) >= 11 is 0. The van der Waals surface area contributed by atoms with Gasteiger partial charge in [-0.25, -0.2) is 0 Å². The van der Waals surface area contributed by atoms with Crippen molar-refractivity contribution in [3.8, 4) is 17.2 Å². The first kappa shape index (κ1) is 29.9. The van der Waals surface area contributed by atoms with Crippen molar-refractivity contribution in [2.45, 2.75) is 91.7 Å². The number of nitrogens with zero attached hydrogens (tertiary/aromatic N) is 1. The molecule has 0 saturated carbocycles. The third-order valence-corrected chi connectivity index (χ3v) is 7.14. The summed E-state index contributed by atoms with van der Waals surface area (Å²) in [5, 5.41) is 11.3. The number of morpholine rings is 1. The summed E-state index contributed by atoms with van der Waals surface area (Å²) in [4.78, 5) is 15.8. The monoisotopic (exact) mass is 561 g/mol. The van der Waals surface area contributed by atoms with Crippen molar-refractivity contribution < 1.29 is 32.2 Å². The van der Waals surface area contributed by atoms with Gasteiger partial charge in [-0.3, -0.25) is 9.69 Å². The third kappa shape index (κ3) is 6.81. The molecule has 2 aromatic carbocycles. The molecular formula is C31H38F3NO5. The summed E-state index contributed by atoms with van der Waals surface area (Å²) in [5.74, 6) is -2.45. The fraction of sp³-hybridized carbons (Fsp3) is 0.516. The van der Waals surface area contributed by atoms with E-state index in [4.69, 9.17) is 13.9 Å². The van der Waals surface area contributed by atoms with Crippen LogP contribution in [0.2, 0.25) is 0 Å². The predicted octanol–water partition coefficient (Wildman–Crippen LogP) is 7.66. The molecule has 1 aliphatic rings. The van der Waals surface area contributed by atoms with E-state index in [-0.39, 0.29) is 46.8 Å². The van der Waals surface area contributed by atoms with Gasteiger partial charge in [-0.1, -0.05) is 32.3 Å². The second-order valence-electron chi connectivity index (χ2n) is 11.0. The number of ether oxygens (including phenoxy) is 2. The molecule has 40 heavy (non-hydrogen) atoms. The molecule has 0 bridgehead atoms. The number of rotatable bonds is 9. The molecule has 0 amide bonds. The van der Waals surface area contributed by atoms with Gasteiger partial charge in [-0.15, -0.1) is 0 Å². The summed E-state index contributed by atoms with van der Waals surface area (Å²) in [7, 11) is 0. The molecule has 1 fully saturated rings. The minimum Gasteiger partial charge on any atom is -0.507 e. The standard InChI is InChI=1S/C31H38F3NO5/c1-6-7-8-9-10-22-14-24-27(37)29(39-23-12-18(2)11-19(3)13-23)30(31(32,33)34)40-28(24)25(26(22)36)17-35-15-20(4)38-21(5)16-35/h11-14,20-21,36H,6-10,15-17H2,1-5H3. The van der Waals surface area contributed by atoms with Gasteiger partial charge in [0.1, 0.15) is 17.1 Å². The molecule has 2 atom stereocenters. The number of phenols is 1. The van der Waals surface area contributed by atoms with Crippen LogP contribution in [0.4, 0.5) is 13.2 Å². The largest absolute Gasteiger partial charge is 0.507 e. The molecule has 1 aliphatic heterocycles. The fourth-order valence-corrected chi connectivity index (χ4v) is 5.54. The lowest BCUT2D eigenvalue weighted by atomic mass is 9.98. The van der Waals surface area contributed by atoms with E-state index in [1.807, 2.05) is 24.8 Å². The van der Waals surface area contributed by atoms with E-state index >= 15 is 0 Å². The Hall–Kier alpha value is -3.04. The lowest BCUT2D eigenvalue weighted by Crippen LogP contribution is -2.44. The lowest BCUT2D eigenvalue weighted by Gasteiger charge is -2.35. The van der Waals surface area contributed by atoms with Crippen LogP contribution in [0.5, 0.6) is 17.2 Å². The van der Waals surface area contributed by atoms with Gasteiger partial charge in [0.05, 0.1) is 23.2 Å². The van der Waals surface area contributed by atoms with Gasteiger partial charge in [0.2, 0.25) is 11.2 Å². The van der Waals surface area contributed by atoms with Crippen LogP contribution < -0.4 is 10.2 Å². The average Bonchev–Trinajstić information content (AvgIpc) is 2.84. The minimum atomic E-state index is -5.00. The smallest absolute Gasteiger partial charge is 0.453 e. The van der Waals surface area contributed by atoms with Crippen molar-refractivity contribution in [2.24, 2.45) is 0 Å². The van der Waals surface area contributed by atoms with Crippen LogP contribution in [0, 0.1) is 13.8 Å². The molecule has 0 spiro atoms. The summed E-state index contributed by atoms with van der Waals surface area (Å²) in [6.07, 6.45) is -0.940. The third-order valence-electron chi connectivity index (χ3n) is 7.14. The molecule has 1 aromatic heterocycles. The molecule has 1 saturated heterocycles. The molecule has 9 heteroatoms. The number of hydrogen-bond donors (Lipinski definition) is 1. The molecule has 4 rings (SSSR count). The quantitative estimate of drug-likeness (QED) is 0.271. The predicted molar refractivity (Wildman–Crippen MR) is 148 cm³/mol. The summed E-state index contributed by atoms with van der Waals surface area (Å²) in [6, 6.07) is 6.45. The van der Waals surface area contributed by atoms with Gasteiger partial charge in [0.15, 0.2) is 0 Å². The van der Waals surface area contributed by atoms with Crippen LogP contribution in [0.1, 0.15) is 74.5 Å². The second kappa shape index (κ2) is 12.2. The maximum absolute atomic E-state index is 14.3. The van der Waals surface area contributed by atoms with Gasteiger partial charge in [0, 0.05) is 19.6 Å². The average molecular weight is 562 g/mol. The number of phenolic OH excluding ortho intramolecular Hbond substituents is 1. The van der Waals surface area contributed by atoms with E-state index < -0.39 is 23.1 Å². The summed E-state index contributed by atoms with van der Waals surface area (Å²) in [5.41, 5.74) is 1.05. The van der Waals surface area contributed by atoms with Crippen LogP contribution in [0.3, 0.4) is 0 Å². The molecule has 0 aliphatic carbocycles. The molecule has 2 heterocycles. The zero-order valence-electron chi connectivity index (χ0n) is 23.8. The van der Waals surface area contributed by atoms with Gasteiger partial charge in [-0.05, 0) is 75.4 Å². The van der Waals surface area contributed by atoms with E-state index in [0.29, 0.717) is 25.1 Å². The van der Waals surface area contributed by atoms with Crippen LogP contribution in [0.15, 0.2) is 33.5 Å². The Labute approximate surface area is 232 Å². The van der Waals surface area contributed by atoms with Crippen molar-refractivity contribution in [1.82, 2.24) is 4.90 Å². The molecule has 2 unspecified atom stereocenters. The molecule has 3 aromatic rings. The Kier molecular flexibility index (Phi) is 9.15. The SMILES string of the molecule is CCCCCCc1cc2c(=O)c(Oc3cc(C)cc(C)c3)c(C(F)(F)F)oc2c(CN2CC(C)OC(C)C2)c1O. The van der Waals surface area contributed by atoms with Crippen molar-refractivity contribution in [3.63, 3.8) is 0 Å². The Balaban J connectivity index is 1.90. The minimum absolute atomic E-state index is 0.0416. The molecule has 218 valence electrons. The number of unbranched alkanes of at least 4 members (excludes halogenated alkanes) is 3. The zero-order chi connectivity index (χ0) is 29.2. The number of halogens is 3. The summed E-state index contributed by atoms with van der Waals surface area (Å²) < 4.78 is 59.9. The Morgan fingerprint density at radius 3 is 2.27 bits per heavy atom. The first-order valence-corrected chi connectivity index (χ1v) is 13.9. The maximum atomic E-state index is 14.3. The van der Waals surface area contributed by atoms with Gasteiger partial charge in [0.25, 0.3) is 5.76 Å². The van der Waals surface area contributed by atoms with E-state index in [1.54, 1.807) is 26.0 Å². The van der Waals surface area contributed by atoms with Crippen molar-refractivity contribution in [3.05, 3.63) is 62.5 Å². The molecule has 0 radical (unpaired) electrons. The Morgan fingerprint density at radius 1 is 1.02 bits per heavy atom. The van der Waals surface area contributed by atoms with Gasteiger partial charge >= 0.3 is 6.18 Å². The van der Waals surface area contributed by atoms with E-state index in [9.17, 15) is 23.1 Å². The van der Waals surface area contributed by atoms with Crippen LogP contribution >= 0.6 is 0 Å². The summed E-state index contributed by atoms with van der Waals surface area (Å²) in [6.45, 7) is 10.7. The van der Waals surface area contributed by atoms with Crippen molar-refractivity contribution in [2.75, 3.05) is 13.1 Å². The number of alkyl halides is 3. The molecule has 1 N–H and O–H groups in total. The highest BCUT2D eigenvalue weighted by Gasteiger charge is 2.41. The van der Waals surface area contributed by atoms with E-state index in [1.165, 1.54) is 6.07 Å². The maximum Gasteiger partial charge on any atom is 0.453 e. The normalized spacial score (nSPS) is 18.4. The highest BCUT2D eigenvalue weighted by Crippen LogP contribution is 2.41. The first-order chi connectivity index (χ1) is 18.9. The topological polar surface area (TPSA) is 72.1 Å². The van der Waals surface area contributed by atoms with Crippen LogP contribution in [-0.2, 0) is 23.9 Å². The Morgan fingerprint density at radius 2 is 1.68 bits per heavy atom. The highest BCUT2D eigenvalue weighted by molar-refractivity contribution is 5.85. The fourth-order valence-electron chi connectivity index (χ4n) is 5.54. The van der Waals surface area contributed by atoms with E-state index in [0.717, 1.165) is 36.8 Å². The van der Waals surface area contributed by atoms with Crippen LogP contribution in [0.25, 0.3) is 11.0 Å². The number of hydrogen-bond acceptors (Lipinski definition) is 6. The van der Waals surface area contributed by atoms with Gasteiger partial charge < -0.3 is 19.0 Å². The lowest BCUT2D eigenvalue weighted by molar-refractivity contribution is -0.154. The van der Waals surface area contributed by atoms with Crippen LogP contribution in [-0.4, -0.2) is 35.3 Å². The van der Waals surface area contributed by atoms with Crippen molar-refractivity contribution in [1.29, 1.82) is 0 Å². The molecule has 6 nitrogen and oxygen atoms in total. The zero-order valence-corrected chi connectivity index (χ0v) is 23.8. The number of aryl methyl sites for hydroxylation is 3. The highest BCUT2D eigenvalue weighted by atomic mass is 19.4. The number of benzene rings is 2. The van der Waals surface area contributed by atoms with Gasteiger partial charge in [-0.2, -0.15) is 13.2 Å². The first-order valence-electron chi connectivity index (χ1n) is 13.9.